The van der Waals surface area contributed by atoms with Crippen molar-refractivity contribution in [2.45, 2.75) is 36.5 Å². The third-order valence-corrected chi connectivity index (χ3v) is 7.72. The highest BCUT2D eigenvalue weighted by atomic mass is 32.2. The molecule has 1 fully saturated rings. The van der Waals surface area contributed by atoms with Gasteiger partial charge < -0.3 is 5.32 Å². The Bertz CT molecular complexity index is 598. The molecule has 0 aromatic carbocycles. The lowest BCUT2D eigenvalue weighted by Gasteiger charge is -2.30. The van der Waals surface area contributed by atoms with Crippen molar-refractivity contribution in [3.63, 3.8) is 0 Å². The maximum atomic E-state index is 4.80. The zero-order valence-electron chi connectivity index (χ0n) is 11.9. The molecular weight excluding hydrogens is 306 g/mol. The first kappa shape index (κ1) is 14.5. The number of anilines is 1. The lowest BCUT2D eigenvalue weighted by molar-refractivity contribution is 0.866. The van der Waals surface area contributed by atoms with E-state index < -0.39 is 0 Å². The molecule has 0 saturated carbocycles. The van der Waals surface area contributed by atoms with Gasteiger partial charge in [-0.15, -0.1) is 23.1 Å². The second-order valence-electron chi connectivity index (χ2n) is 4.97. The first-order valence-corrected chi connectivity index (χ1v) is 9.82. The van der Waals surface area contributed by atoms with Crippen LogP contribution in [0.2, 0.25) is 0 Å². The molecule has 0 spiro atoms. The second-order valence-corrected chi connectivity index (χ2v) is 8.86. The number of hydrogen-bond donors (Lipinski definition) is 1. The molecular formula is C14H19N3S3. The highest BCUT2D eigenvalue weighted by Crippen LogP contribution is 2.44. The number of nitrogens with zero attached hydrogens (tertiary/aromatic N) is 2. The number of rotatable bonds is 3. The van der Waals surface area contributed by atoms with Crippen LogP contribution in [0.4, 0.5) is 5.82 Å². The summed E-state index contributed by atoms with van der Waals surface area (Å²) in [5.41, 5.74) is 0. The molecule has 3 heterocycles. The Balaban J connectivity index is 1.95. The average molecular weight is 326 g/mol. The number of thiophene rings is 1. The van der Waals surface area contributed by atoms with Gasteiger partial charge in [-0.3, -0.25) is 0 Å². The minimum atomic E-state index is 0.412. The summed E-state index contributed by atoms with van der Waals surface area (Å²) in [6, 6.07) is 2.11. The largest absolute Gasteiger partial charge is 0.370 e. The lowest BCUT2D eigenvalue weighted by atomic mass is 10.3. The van der Waals surface area contributed by atoms with Crippen LogP contribution in [0.3, 0.4) is 0 Å². The molecule has 3 unspecified atom stereocenters. The van der Waals surface area contributed by atoms with Gasteiger partial charge in [-0.05, 0) is 18.4 Å². The molecule has 1 N–H and O–H groups in total. The number of nitrogens with one attached hydrogen (secondary N) is 1. The lowest BCUT2D eigenvalue weighted by Crippen LogP contribution is -2.23. The van der Waals surface area contributed by atoms with E-state index in [-0.39, 0.29) is 0 Å². The molecule has 6 heteroatoms. The van der Waals surface area contributed by atoms with Gasteiger partial charge in [-0.25, -0.2) is 9.97 Å². The Morgan fingerprint density at radius 3 is 2.90 bits per heavy atom. The third-order valence-electron chi connectivity index (χ3n) is 3.53. The number of thioether (sulfide) groups is 2. The van der Waals surface area contributed by atoms with Crippen LogP contribution in [0.15, 0.2) is 11.4 Å². The summed E-state index contributed by atoms with van der Waals surface area (Å²) in [7, 11) is 0. The number of fused-ring (bicyclic) bond motifs is 1. The molecule has 1 aliphatic heterocycles. The Morgan fingerprint density at radius 2 is 2.15 bits per heavy atom. The van der Waals surface area contributed by atoms with Crippen molar-refractivity contribution in [2.75, 3.05) is 17.6 Å². The van der Waals surface area contributed by atoms with Crippen molar-refractivity contribution >= 4 is 50.9 Å². The first-order chi connectivity index (χ1) is 9.69. The van der Waals surface area contributed by atoms with Gasteiger partial charge in [0.2, 0.25) is 0 Å². The fourth-order valence-corrected chi connectivity index (χ4v) is 5.85. The summed E-state index contributed by atoms with van der Waals surface area (Å²) in [4.78, 5) is 10.7. The van der Waals surface area contributed by atoms with E-state index in [9.17, 15) is 0 Å². The Labute approximate surface area is 132 Å². The van der Waals surface area contributed by atoms with Gasteiger partial charge in [0.25, 0.3) is 0 Å². The van der Waals surface area contributed by atoms with Crippen LogP contribution in [0.25, 0.3) is 10.2 Å². The van der Waals surface area contributed by atoms with Crippen LogP contribution in [0, 0.1) is 0 Å². The molecule has 0 radical (unpaired) electrons. The molecule has 2 aromatic heterocycles. The summed E-state index contributed by atoms with van der Waals surface area (Å²) in [6.07, 6.45) is 0. The van der Waals surface area contributed by atoms with E-state index >= 15 is 0 Å². The van der Waals surface area contributed by atoms with Crippen LogP contribution in [-0.2, 0) is 0 Å². The van der Waals surface area contributed by atoms with Crippen molar-refractivity contribution in [3.8, 4) is 0 Å². The van der Waals surface area contributed by atoms with Gasteiger partial charge in [0.15, 0.2) is 0 Å². The second kappa shape index (κ2) is 6.12. The van der Waals surface area contributed by atoms with Crippen LogP contribution >= 0.6 is 34.9 Å². The van der Waals surface area contributed by atoms with Crippen molar-refractivity contribution in [3.05, 3.63) is 17.3 Å². The summed E-state index contributed by atoms with van der Waals surface area (Å²) in [5.74, 6) is 3.09. The molecule has 0 amide bonds. The maximum absolute atomic E-state index is 4.80. The standard InChI is InChI=1S/C14H19N3S3/c1-4-15-12-10-5-6-18-14(10)17-13(16-12)11-7-19-8(2)9(3)20-11/h5-6,8-9,11H,4,7H2,1-3H3,(H,15,16,17). The minimum absolute atomic E-state index is 0.412. The fraction of sp³-hybridized carbons (Fsp3) is 0.571. The van der Waals surface area contributed by atoms with E-state index in [4.69, 9.17) is 9.97 Å². The van der Waals surface area contributed by atoms with Crippen molar-refractivity contribution in [2.24, 2.45) is 0 Å². The van der Waals surface area contributed by atoms with E-state index in [0.717, 1.165) is 39.4 Å². The summed E-state index contributed by atoms with van der Waals surface area (Å²) < 4.78 is 0. The van der Waals surface area contributed by atoms with Gasteiger partial charge in [0.05, 0.1) is 10.6 Å². The SMILES string of the molecule is CCNc1nc(C2CSC(C)C(C)S2)nc2sccc12. The fourth-order valence-electron chi connectivity index (χ4n) is 2.24. The van der Waals surface area contributed by atoms with Gasteiger partial charge in [0.1, 0.15) is 16.5 Å². The van der Waals surface area contributed by atoms with E-state index in [1.807, 2.05) is 23.5 Å². The van der Waals surface area contributed by atoms with Crippen molar-refractivity contribution in [1.29, 1.82) is 0 Å². The number of aromatic nitrogens is 2. The molecule has 0 bridgehead atoms. The zero-order chi connectivity index (χ0) is 14.1. The van der Waals surface area contributed by atoms with Crippen LogP contribution in [0.5, 0.6) is 0 Å². The summed E-state index contributed by atoms with van der Waals surface area (Å²) in [6.45, 7) is 7.62. The highest BCUT2D eigenvalue weighted by molar-refractivity contribution is 8.07. The molecule has 3 nitrogen and oxygen atoms in total. The highest BCUT2D eigenvalue weighted by Gasteiger charge is 2.29. The molecule has 0 aliphatic carbocycles. The van der Waals surface area contributed by atoms with E-state index in [0.29, 0.717) is 10.5 Å². The monoisotopic (exact) mass is 325 g/mol. The molecule has 3 atom stereocenters. The number of hydrogen-bond acceptors (Lipinski definition) is 6. The molecule has 2 aromatic rings. The predicted octanol–water partition coefficient (Wildman–Crippen LogP) is 4.42. The Kier molecular flexibility index (Phi) is 4.43. The normalized spacial score (nSPS) is 26.9. The summed E-state index contributed by atoms with van der Waals surface area (Å²) in [5, 5.41) is 8.41. The van der Waals surface area contributed by atoms with E-state index in [1.165, 1.54) is 0 Å². The third kappa shape index (κ3) is 2.78. The maximum Gasteiger partial charge on any atom is 0.146 e. The van der Waals surface area contributed by atoms with Crippen molar-refractivity contribution in [1.82, 2.24) is 9.97 Å². The Morgan fingerprint density at radius 1 is 1.30 bits per heavy atom. The van der Waals surface area contributed by atoms with Gasteiger partial charge in [0, 0.05) is 22.8 Å². The minimum Gasteiger partial charge on any atom is -0.370 e. The van der Waals surface area contributed by atoms with E-state index in [1.54, 1.807) is 11.3 Å². The van der Waals surface area contributed by atoms with Crippen LogP contribution in [0.1, 0.15) is 31.8 Å². The average Bonchev–Trinajstić information content (AvgIpc) is 2.90. The topological polar surface area (TPSA) is 37.8 Å². The molecule has 108 valence electrons. The van der Waals surface area contributed by atoms with E-state index in [2.05, 4.69) is 37.5 Å². The van der Waals surface area contributed by atoms with Crippen LogP contribution < -0.4 is 5.32 Å². The predicted molar refractivity (Wildman–Crippen MR) is 93.3 cm³/mol. The molecule has 1 aliphatic rings. The van der Waals surface area contributed by atoms with Crippen molar-refractivity contribution < 1.29 is 0 Å². The molecule has 20 heavy (non-hydrogen) atoms. The van der Waals surface area contributed by atoms with Crippen LogP contribution in [-0.4, -0.2) is 32.8 Å². The zero-order valence-corrected chi connectivity index (χ0v) is 14.4. The summed E-state index contributed by atoms with van der Waals surface area (Å²) >= 11 is 5.75. The van der Waals surface area contributed by atoms with Gasteiger partial charge >= 0.3 is 0 Å². The molecule has 3 rings (SSSR count). The molecule has 1 saturated heterocycles. The van der Waals surface area contributed by atoms with Gasteiger partial charge in [-0.2, -0.15) is 11.8 Å². The first-order valence-electron chi connectivity index (χ1n) is 6.95. The Hall–Kier alpha value is -0.460. The quantitative estimate of drug-likeness (QED) is 0.904. The smallest absolute Gasteiger partial charge is 0.146 e. The van der Waals surface area contributed by atoms with Gasteiger partial charge in [-0.1, -0.05) is 13.8 Å².